The molecule has 5 heteroatoms. The van der Waals surface area contributed by atoms with Crippen LogP contribution in [0.5, 0.6) is 11.5 Å². The summed E-state index contributed by atoms with van der Waals surface area (Å²) < 4.78 is 12.6. The molecule has 1 aromatic rings. The third-order valence-corrected chi connectivity index (χ3v) is 2.94. The SMILES string of the molecule is O=COc1c[te]cc1OC=O. The minimum atomic E-state index is -0.414. The summed E-state index contributed by atoms with van der Waals surface area (Å²) in [4.78, 5) is 19.8. The van der Waals surface area contributed by atoms with E-state index in [2.05, 4.69) is 9.47 Å². The molecule has 58 valence electrons. The van der Waals surface area contributed by atoms with Crippen molar-refractivity contribution in [1.29, 1.82) is 0 Å². The number of hydrogen-bond donors (Lipinski definition) is 0. The first-order chi connectivity index (χ1) is 5.38. The van der Waals surface area contributed by atoms with Gasteiger partial charge in [-0.1, -0.05) is 0 Å². The molecule has 0 spiro atoms. The summed E-state index contributed by atoms with van der Waals surface area (Å²) in [5, 5.41) is 0. The fourth-order valence-electron chi connectivity index (χ4n) is 0.549. The first-order valence-electron chi connectivity index (χ1n) is 2.65. The Balaban J connectivity index is 2.76. The maximum atomic E-state index is 9.89. The van der Waals surface area contributed by atoms with Crippen LogP contribution >= 0.6 is 0 Å². The Bertz CT molecular complexity index is 230. The van der Waals surface area contributed by atoms with E-state index in [-0.39, 0.29) is 0 Å². The van der Waals surface area contributed by atoms with Crippen molar-refractivity contribution in [1.82, 2.24) is 0 Å². The predicted octanol–water partition coefficient (Wildman–Crippen LogP) is -0.186. The molecule has 4 nitrogen and oxygen atoms in total. The second kappa shape index (κ2) is 4.16. The van der Waals surface area contributed by atoms with E-state index < -0.39 is 20.4 Å². The van der Waals surface area contributed by atoms with Gasteiger partial charge in [0, 0.05) is 0 Å². The van der Waals surface area contributed by atoms with Crippen LogP contribution < -0.4 is 9.47 Å². The van der Waals surface area contributed by atoms with Crippen LogP contribution in [0.3, 0.4) is 0 Å². The Morgan fingerprint density at radius 1 is 1.09 bits per heavy atom. The van der Waals surface area contributed by atoms with Crippen molar-refractivity contribution in [3.8, 4) is 11.5 Å². The van der Waals surface area contributed by atoms with Gasteiger partial charge in [0.1, 0.15) is 0 Å². The van der Waals surface area contributed by atoms with E-state index in [1.54, 1.807) is 8.16 Å². The Morgan fingerprint density at radius 2 is 1.55 bits per heavy atom. The van der Waals surface area contributed by atoms with E-state index in [1.807, 2.05) is 0 Å². The van der Waals surface area contributed by atoms with Gasteiger partial charge in [-0.25, -0.2) is 0 Å². The molecule has 0 aliphatic carbocycles. The Morgan fingerprint density at radius 3 is 1.91 bits per heavy atom. The van der Waals surface area contributed by atoms with Crippen molar-refractivity contribution in [3.05, 3.63) is 8.16 Å². The van der Waals surface area contributed by atoms with Gasteiger partial charge in [0.2, 0.25) is 0 Å². The average Bonchev–Trinajstić information content (AvgIpc) is 2.39. The zero-order valence-electron chi connectivity index (χ0n) is 5.35. The Hall–Kier alpha value is -0.790. The molecule has 0 bridgehead atoms. The van der Waals surface area contributed by atoms with Gasteiger partial charge < -0.3 is 0 Å². The van der Waals surface area contributed by atoms with Crippen molar-refractivity contribution < 1.29 is 19.1 Å². The summed E-state index contributed by atoms with van der Waals surface area (Å²) in [6, 6.07) is 0. The van der Waals surface area contributed by atoms with E-state index in [4.69, 9.17) is 0 Å². The van der Waals surface area contributed by atoms with Crippen molar-refractivity contribution in [2.75, 3.05) is 0 Å². The van der Waals surface area contributed by atoms with Crippen LogP contribution in [0.15, 0.2) is 8.16 Å². The van der Waals surface area contributed by atoms with Gasteiger partial charge in [-0.05, 0) is 0 Å². The van der Waals surface area contributed by atoms with Gasteiger partial charge in [-0.3, -0.25) is 0 Å². The van der Waals surface area contributed by atoms with Crippen molar-refractivity contribution in [3.63, 3.8) is 0 Å². The molecular formula is C6H4O4Te. The van der Waals surface area contributed by atoms with Crippen molar-refractivity contribution in [2.45, 2.75) is 0 Å². The van der Waals surface area contributed by atoms with Crippen LogP contribution in [-0.4, -0.2) is 33.4 Å². The van der Waals surface area contributed by atoms with Crippen LogP contribution in [0.2, 0.25) is 0 Å². The molecule has 0 saturated carbocycles. The Labute approximate surface area is 72.3 Å². The molecule has 0 unspecified atom stereocenters. The fourth-order valence-corrected chi connectivity index (χ4v) is 2.43. The first kappa shape index (κ1) is 8.31. The number of ether oxygens (including phenoxy) is 2. The van der Waals surface area contributed by atoms with Gasteiger partial charge in [0.05, 0.1) is 0 Å². The number of carbonyl (C=O) groups is 2. The molecule has 11 heavy (non-hydrogen) atoms. The molecule has 1 aromatic heterocycles. The minimum absolute atomic E-state index is 0.312. The van der Waals surface area contributed by atoms with Crippen LogP contribution in [0, 0.1) is 0 Å². The van der Waals surface area contributed by atoms with Gasteiger partial charge in [-0.15, -0.1) is 0 Å². The number of hydrogen-bond acceptors (Lipinski definition) is 4. The fraction of sp³-hybridized carbons (Fsp3) is 0. The molecule has 0 saturated heterocycles. The molecule has 0 N–H and O–H groups in total. The van der Waals surface area contributed by atoms with Crippen molar-refractivity contribution in [2.24, 2.45) is 0 Å². The summed E-state index contributed by atoms with van der Waals surface area (Å²) >= 11 is -0.414. The van der Waals surface area contributed by atoms with Crippen LogP contribution in [-0.2, 0) is 9.59 Å². The quantitative estimate of drug-likeness (QED) is 0.561. The predicted molar refractivity (Wildman–Crippen MR) is 36.8 cm³/mol. The van der Waals surface area contributed by atoms with Gasteiger partial charge in [-0.2, -0.15) is 0 Å². The monoisotopic (exact) mass is 270 g/mol. The number of rotatable bonds is 4. The van der Waals surface area contributed by atoms with Gasteiger partial charge >= 0.3 is 72.1 Å². The van der Waals surface area contributed by atoms with Gasteiger partial charge in [0.15, 0.2) is 0 Å². The maximum absolute atomic E-state index is 9.89. The molecular weight excluding hydrogens is 264 g/mol. The molecule has 1 heterocycles. The second-order valence-electron chi connectivity index (χ2n) is 1.53. The van der Waals surface area contributed by atoms with E-state index in [0.717, 1.165) is 0 Å². The molecule has 0 aliphatic rings. The molecule has 0 radical (unpaired) electrons. The zero-order chi connectivity index (χ0) is 8.10. The van der Waals surface area contributed by atoms with E-state index in [1.165, 1.54) is 0 Å². The van der Waals surface area contributed by atoms with Crippen LogP contribution in [0.4, 0.5) is 0 Å². The summed E-state index contributed by atoms with van der Waals surface area (Å²) in [5.74, 6) is 0.712. The molecule has 0 aliphatic heterocycles. The average molecular weight is 268 g/mol. The van der Waals surface area contributed by atoms with Crippen LogP contribution in [0.1, 0.15) is 0 Å². The molecule has 0 amide bonds. The summed E-state index contributed by atoms with van der Waals surface area (Å²) in [6.45, 7) is 0.623. The first-order valence-corrected chi connectivity index (χ1v) is 5.34. The molecule has 0 atom stereocenters. The van der Waals surface area contributed by atoms with E-state index in [9.17, 15) is 9.59 Å². The standard InChI is InChI=1S/C6H4O4Te/c7-3-9-5-1-11-2-6(5)10-4-8/h1-4H. The Kier molecular flexibility index (Phi) is 3.14. The summed E-state index contributed by atoms with van der Waals surface area (Å²) in [5.41, 5.74) is 0. The molecule has 0 aromatic carbocycles. The van der Waals surface area contributed by atoms with Crippen molar-refractivity contribution >= 4 is 33.4 Å². The topological polar surface area (TPSA) is 52.6 Å². The summed E-state index contributed by atoms with van der Waals surface area (Å²) in [7, 11) is 0. The van der Waals surface area contributed by atoms with E-state index >= 15 is 0 Å². The van der Waals surface area contributed by atoms with E-state index in [0.29, 0.717) is 24.4 Å². The van der Waals surface area contributed by atoms with Gasteiger partial charge in [0.25, 0.3) is 0 Å². The zero-order valence-corrected chi connectivity index (χ0v) is 7.68. The number of carbonyl (C=O) groups excluding carboxylic acids is 2. The molecule has 1 rings (SSSR count). The summed E-state index contributed by atoms with van der Waals surface area (Å²) in [6.07, 6.45) is 0. The molecule has 0 fully saturated rings. The second-order valence-corrected chi connectivity index (χ2v) is 3.65. The third-order valence-electron chi connectivity index (χ3n) is 0.943. The van der Waals surface area contributed by atoms with Crippen LogP contribution in [0.25, 0.3) is 0 Å². The third kappa shape index (κ3) is 2.07. The normalized spacial score (nSPS) is 8.73.